The average molecular weight is 287 g/mol. The first-order valence-electron chi connectivity index (χ1n) is 6.50. The summed E-state index contributed by atoms with van der Waals surface area (Å²) in [4.78, 5) is 35.7. The number of hydrogen-bond acceptors (Lipinski definition) is 4. The molecule has 3 amide bonds. The second kappa shape index (κ2) is 6.56. The molecule has 20 heavy (non-hydrogen) atoms. The largest absolute Gasteiger partial charge is 0.480 e. The molecule has 0 saturated carbocycles. The number of carboxylic acids is 1. The SMILES string of the molecule is CC(C)NC(=O)C(C)NC(=O)N1C[C@H](O)C[C@H]1C(=O)O. The zero-order chi connectivity index (χ0) is 15.4. The number of carboxylic acid groups (broad SMARTS) is 1. The van der Waals surface area contributed by atoms with Crippen LogP contribution in [0.3, 0.4) is 0 Å². The van der Waals surface area contributed by atoms with Crippen LogP contribution in [0, 0.1) is 0 Å². The Morgan fingerprint density at radius 1 is 1.20 bits per heavy atom. The zero-order valence-corrected chi connectivity index (χ0v) is 11.8. The average Bonchev–Trinajstić information content (AvgIpc) is 2.70. The van der Waals surface area contributed by atoms with Crippen molar-refractivity contribution in [3.63, 3.8) is 0 Å². The third kappa shape index (κ3) is 4.09. The van der Waals surface area contributed by atoms with Crippen LogP contribution in [0.1, 0.15) is 27.2 Å². The Morgan fingerprint density at radius 2 is 1.80 bits per heavy atom. The molecule has 1 saturated heterocycles. The van der Waals surface area contributed by atoms with E-state index in [2.05, 4.69) is 10.6 Å². The maximum absolute atomic E-state index is 12.0. The number of aliphatic hydroxyl groups excluding tert-OH is 1. The van der Waals surface area contributed by atoms with Crippen molar-refractivity contribution in [2.45, 2.75) is 51.4 Å². The van der Waals surface area contributed by atoms with Gasteiger partial charge in [-0.05, 0) is 20.8 Å². The van der Waals surface area contributed by atoms with E-state index in [-0.39, 0.29) is 24.9 Å². The summed E-state index contributed by atoms with van der Waals surface area (Å²) in [6.45, 7) is 5.05. The van der Waals surface area contributed by atoms with Crippen molar-refractivity contribution in [2.24, 2.45) is 0 Å². The summed E-state index contributed by atoms with van der Waals surface area (Å²) in [6, 6.07) is -2.56. The number of rotatable bonds is 4. The first kappa shape index (κ1) is 16.2. The summed E-state index contributed by atoms with van der Waals surface area (Å²) in [5.41, 5.74) is 0. The first-order valence-corrected chi connectivity index (χ1v) is 6.50. The molecule has 1 fully saturated rings. The summed E-state index contributed by atoms with van der Waals surface area (Å²) in [7, 11) is 0. The van der Waals surface area contributed by atoms with Crippen LogP contribution in [0.15, 0.2) is 0 Å². The number of amides is 3. The molecule has 0 spiro atoms. The number of hydrogen-bond donors (Lipinski definition) is 4. The predicted octanol–water partition coefficient (Wildman–Crippen LogP) is -0.871. The minimum Gasteiger partial charge on any atom is -0.480 e. The van der Waals surface area contributed by atoms with Crippen molar-refractivity contribution in [1.82, 2.24) is 15.5 Å². The molecule has 1 heterocycles. The Bertz CT molecular complexity index is 399. The molecule has 1 rings (SSSR count). The molecule has 0 aromatic carbocycles. The van der Waals surface area contributed by atoms with Gasteiger partial charge in [0.25, 0.3) is 0 Å². The van der Waals surface area contributed by atoms with Gasteiger partial charge in [0.05, 0.1) is 6.10 Å². The van der Waals surface area contributed by atoms with Crippen LogP contribution < -0.4 is 10.6 Å². The van der Waals surface area contributed by atoms with E-state index in [1.165, 1.54) is 6.92 Å². The lowest BCUT2D eigenvalue weighted by molar-refractivity contribution is -0.141. The Balaban J connectivity index is 2.61. The van der Waals surface area contributed by atoms with Crippen LogP contribution >= 0.6 is 0 Å². The Kier molecular flexibility index (Phi) is 5.32. The van der Waals surface area contributed by atoms with E-state index >= 15 is 0 Å². The van der Waals surface area contributed by atoms with Gasteiger partial charge in [-0.25, -0.2) is 9.59 Å². The number of β-amino-alcohol motifs (C(OH)–C–C–N with tert-alkyl or cyclic N) is 1. The quantitative estimate of drug-likeness (QED) is 0.536. The number of urea groups is 1. The second-order valence-corrected chi connectivity index (χ2v) is 5.23. The first-order chi connectivity index (χ1) is 9.22. The molecule has 114 valence electrons. The molecular weight excluding hydrogens is 266 g/mol. The molecule has 1 aliphatic heterocycles. The number of likely N-dealkylation sites (tertiary alicyclic amines) is 1. The standard InChI is InChI=1S/C12H21N3O5/c1-6(2)13-10(17)7(3)14-12(20)15-5-8(16)4-9(15)11(18)19/h6-9,16H,4-5H2,1-3H3,(H,13,17)(H,14,20)(H,18,19)/t7?,8-,9+/m1/s1. The maximum atomic E-state index is 12.0. The molecule has 1 aliphatic rings. The van der Waals surface area contributed by atoms with Crippen molar-refractivity contribution >= 4 is 17.9 Å². The van der Waals surface area contributed by atoms with Gasteiger partial charge >= 0.3 is 12.0 Å². The monoisotopic (exact) mass is 287 g/mol. The lowest BCUT2D eigenvalue weighted by Crippen LogP contribution is -2.53. The van der Waals surface area contributed by atoms with E-state index in [0.717, 1.165) is 4.90 Å². The van der Waals surface area contributed by atoms with Crippen LogP contribution in [0.25, 0.3) is 0 Å². The Hall–Kier alpha value is -1.83. The number of carbonyl (C=O) groups is 3. The van der Waals surface area contributed by atoms with Crippen LogP contribution in [0.5, 0.6) is 0 Å². The minimum atomic E-state index is -1.17. The normalized spacial score (nSPS) is 23.6. The van der Waals surface area contributed by atoms with E-state index in [0.29, 0.717) is 0 Å². The Morgan fingerprint density at radius 3 is 2.30 bits per heavy atom. The predicted molar refractivity (Wildman–Crippen MR) is 70.0 cm³/mol. The molecular formula is C12H21N3O5. The molecule has 0 bridgehead atoms. The summed E-state index contributed by atoms with van der Waals surface area (Å²) < 4.78 is 0. The number of aliphatic hydroxyl groups is 1. The highest BCUT2D eigenvalue weighted by Gasteiger charge is 2.39. The summed E-state index contributed by atoms with van der Waals surface area (Å²) in [6.07, 6.45) is -0.864. The topological polar surface area (TPSA) is 119 Å². The fourth-order valence-corrected chi connectivity index (χ4v) is 2.02. The highest BCUT2D eigenvalue weighted by atomic mass is 16.4. The van der Waals surface area contributed by atoms with Crippen molar-refractivity contribution in [2.75, 3.05) is 6.54 Å². The number of nitrogens with one attached hydrogen (secondary N) is 2. The number of carbonyl (C=O) groups excluding carboxylic acids is 2. The van der Waals surface area contributed by atoms with Crippen molar-refractivity contribution < 1.29 is 24.6 Å². The van der Waals surface area contributed by atoms with Crippen LogP contribution in [0.2, 0.25) is 0 Å². The third-order valence-electron chi connectivity index (χ3n) is 2.99. The van der Waals surface area contributed by atoms with E-state index in [1.54, 1.807) is 13.8 Å². The molecule has 3 atom stereocenters. The summed E-state index contributed by atoms with van der Waals surface area (Å²) >= 11 is 0. The van der Waals surface area contributed by atoms with E-state index in [4.69, 9.17) is 5.11 Å². The molecule has 8 heteroatoms. The van der Waals surface area contributed by atoms with E-state index in [1.807, 2.05) is 0 Å². The molecule has 0 radical (unpaired) electrons. The molecule has 8 nitrogen and oxygen atoms in total. The molecule has 0 aliphatic carbocycles. The van der Waals surface area contributed by atoms with Crippen LogP contribution in [0.4, 0.5) is 4.79 Å². The minimum absolute atomic E-state index is 0.00464. The summed E-state index contributed by atoms with van der Waals surface area (Å²) in [5, 5.41) is 23.5. The fraction of sp³-hybridized carbons (Fsp3) is 0.750. The van der Waals surface area contributed by atoms with Crippen molar-refractivity contribution in [3.8, 4) is 0 Å². The highest BCUT2D eigenvalue weighted by Crippen LogP contribution is 2.18. The van der Waals surface area contributed by atoms with Crippen molar-refractivity contribution in [3.05, 3.63) is 0 Å². The van der Waals surface area contributed by atoms with Crippen molar-refractivity contribution in [1.29, 1.82) is 0 Å². The van der Waals surface area contributed by atoms with Gasteiger partial charge in [-0.2, -0.15) is 0 Å². The van der Waals surface area contributed by atoms with Gasteiger partial charge in [0.15, 0.2) is 0 Å². The van der Waals surface area contributed by atoms with E-state index < -0.39 is 30.2 Å². The lowest BCUT2D eigenvalue weighted by Gasteiger charge is -2.24. The molecule has 0 aromatic rings. The smallest absolute Gasteiger partial charge is 0.326 e. The fourth-order valence-electron chi connectivity index (χ4n) is 2.02. The van der Waals surface area contributed by atoms with Gasteiger partial charge in [0.1, 0.15) is 12.1 Å². The highest BCUT2D eigenvalue weighted by molar-refractivity contribution is 5.89. The molecule has 0 aromatic heterocycles. The van der Waals surface area contributed by atoms with Gasteiger partial charge in [0, 0.05) is 19.0 Å². The van der Waals surface area contributed by atoms with Gasteiger partial charge in [-0.15, -0.1) is 0 Å². The number of aliphatic carboxylic acids is 1. The van der Waals surface area contributed by atoms with Crippen LogP contribution in [-0.4, -0.2) is 63.8 Å². The van der Waals surface area contributed by atoms with Gasteiger partial charge in [-0.3, -0.25) is 4.79 Å². The molecule has 1 unspecified atom stereocenters. The van der Waals surface area contributed by atoms with Crippen LogP contribution in [-0.2, 0) is 9.59 Å². The van der Waals surface area contributed by atoms with Gasteiger partial charge in [0.2, 0.25) is 5.91 Å². The number of nitrogens with zero attached hydrogens (tertiary/aromatic N) is 1. The lowest BCUT2D eigenvalue weighted by atomic mass is 10.2. The Labute approximate surface area is 117 Å². The summed E-state index contributed by atoms with van der Waals surface area (Å²) in [5.74, 6) is -1.52. The van der Waals surface area contributed by atoms with Gasteiger partial charge in [-0.1, -0.05) is 0 Å². The molecule has 4 N–H and O–H groups in total. The van der Waals surface area contributed by atoms with E-state index in [9.17, 15) is 19.5 Å². The third-order valence-corrected chi connectivity index (χ3v) is 2.99. The maximum Gasteiger partial charge on any atom is 0.326 e. The van der Waals surface area contributed by atoms with Gasteiger partial charge < -0.3 is 25.7 Å². The second-order valence-electron chi connectivity index (χ2n) is 5.23. The zero-order valence-electron chi connectivity index (χ0n) is 11.8.